The Hall–Kier alpha value is -2.42. The predicted molar refractivity (Wildman–Crippen MR) is 102 cm³/mol. The smallest absolute Gasteiger partial charge is 0.196 e. The number of pyridine rings is 2. The minimum atomic E-state index is 0.675. The summed E-state index contributed by atoms with van der Waals surface area (Å²) >= 11 is 0. The van der Waals surface area contributed by atoms with Gasteiger partial charge in [0.1, 0.15) is 16.6 Å². The van der Waals surface area contributed by atoms with Gasteiger partial charge >= 0.3 is 0 Å². The van der Waals surface area contributed by atoms with Crippen LogP contribution in [0.25, 0.3) is 27.3 Å². The number of aromatic nitrogens is 3. The number of fused-ring (bicyclic) bond motifs is 6. The molecule has 1 aromatic carbocycles. The second-order valence-electron chi connectivity index (χ2n) is 7.52. The molecule has 3 aromatic heterocycles. The number of benzene rings is 1. The van der Waals surface area contributed by atoms with Crippen molar-refractivity contribution in [1.29, 1.82) is 0 Å². The third-order valence-corrected chi connectivity index (χ3v) is 5.98. The van der Waals surface area contributed by atoms with Gasteiger partial charge in [-0.25, -0.2) is 0 Å². The lowest BCUT2D eigenvalue weighted by molar-refractivity contribution is -0.735. The number of hydrogen-bond donors (Lipinski definition) is 0. The average Bonchev–Trinajstić information content (AvgIpc) is 3.04. The van der Waals surface area contributed by atoms with Gasteiger partial charge in [0.15, 0.2) is 13.2 Å². The lowest BCUT2D eigenvalue weighted by Crippen LogP contribution is -2.34. The monoisotopic (exact) mass is 330 g/mol. The van der Waals surface area contributed by atoms with Crippen LogP contribution in [0.1, 0.15) is 49.1 Å². The molecular formula is C22H24N3+. The SMILES string of the molecule is Cc1ccnc2c3c(C4CCCCC4)cccc3c3cc[n+](C)n3c12. The summed E-state index contributed by atoms with van der Waals surface area (Å²) in [4.78, 5) is 4.86. The molecule has 0 amide bonds. The van der Waals surface area contributed by atoms with Crippen molar-refractivity contribution in [3.63, 3.8) is 0 Å². The molecule has 0 bridgehead atoms. The summed E-state index contributed by atoms with van der Waals surface area (Å²) in [6.07, 6.45) is 10.8. The molecule has 5 rings (SSSR count). The van der Waals surface area contributed by atoms with Gasteiger partial charge < -0.3 is 0 Å². The largest absolute Gasteiger partial charge is 0.254 e. The lowest BCUT2D eigenvalue weighted by atomic mass is 9.82. The zero-order valence-electron chi connectivity index (χ0n) is 15.0. The third-order valence-electron chi connectivity index (χ3n) is 5.98. The second kappa shape index (κ2) is 5.55. The first kappa shape index (κ1) is 14.9. The van der Waals surface area contributed by atoms with Crippen LogP contribution in [0.4, 0.5) is 0 Å². The van der Waals surface area contributed by atoms with Gasteiger partial charge in [0.25, 0.3) is 0 Å². The molecule has 0 saturated heterocycles. The van der Waals surface area contributed by atoms with E-state index in [0.717, 1.165) is 5.52 Å². The zero-order chi connectivity index (χ0) is 17.0. The Morgan fingerprint density at radius 3 is 2.76 bits per heavy atom. The highest BCUT2D eigenvalue weighted by atomic mass is 15.3. The van der Waals surface area contributed by atoms with Crippen molar-refractivity contribution in [2.75, 3.05) is 0 Å². The van der Waals surface area contributed by atoms with E-state index in [1.165, 1.54) is 65.0 Å². The van der Waals surface area contributed by atoms with Crippen molar-refractivity contribution in [3.8, 4) is 0 Å². The van der Waals surface area contributed by atoms with Gasteiger partial charge in [-0.2, -0.15) is 0 Å². The van der Waals surface area contributed by atoms with E-state index in [9.17, 15) is 0 Å². The van der Waals surface area contributed by atoms with Gasteiger partial charge in [-0.1, -0.05) is 37.5 Å². The van der Waals surface area contributed by atoms with Gasteiger partial charge in [0.2, 0.25) is 0 Å². The third kappa shape index (κ3) is 2.11. The van der Waals surface area contributed by atoms with Crippen molar-refractivity contribution in [1.82, 2.24) is 9.50 Å². The van der Waals surface area contributed by atoms with E-state index in [0.29, 0.717) is 5.92 Å². The lowest BCUT2D eigenvalue weighted by Gasteiger charge is -2.24. The molecule has 0 N–H and O–H groups in total. The van der Waals surface area contributed by atoms with Crippen LogP contribution < -0.4 is 4.68 Å². The molecule has 0 spiro atoms. The Bertz CT molecular complexity index is 1100. The van der Waals surface area contributed by atoms with Crippen LogP contribution in [0.2, 0.25) is 0 Å². The zero-order valence-corrected chi connectivity index (χ0v) is 15.0. The fraction of sp³-hybridized carbons (Fsp3) is 0.364. The molecule has 25 heavy (non-hydrogen) atoms. The highest BCUT2D eigenvalue weighted by Gasteiger charge is 2.23. The topological polar surface area (TPSA) is 21.2 Å². The van der Waals surface area contributed by atoms with Crippen LogP contribution >= 0.6 is 0 Å². The van der Waals surface area contributed by atoms with E-state index >= 15 is 0 Å². The molecule has 0 atom stereocenters. The standard InChI is InChI=1S/C22H24N3/c1-15-11-13-23-21-20-17(16-7-4-3-5-8-16)9-6-10-18(20)19-12-14-24(2)25(19)22(15)21/h6,9-14,16H,3-5,7-8H2,1-2H3/q+1. The molecular weight excluding hydrogens is 306 g/mol. The number of hydrogen-bond acceptors (Lipinski definition) is 1. The molecule has 0 unspecified atom stereocenters. The Balaban J connectivity index is 1.99. The minimum Gasteiger partial charge on any atom is -0.254 e. The molecule has 3 nitrogen and oxygen atoms in total. The van der Waals surface area contributed by atoms with Gasteiger partial charge in [0.05, 0.1) is 0 Å². The summed E-state index contributed by atoms with van der Waals surface area (Å²) < 4.78 is 4.48. The number of rotatable bonds is 1. The summed E-state index contributed by atoms with van der Waals surface area (Å²) in [6, 6.07) is 11.2. The van der Waals surface area contributed by atoms with E-state index in [-0.39, 0.29) is 0 Å². The van der Waals surface area contributed by atoms with Crippen molar-refractivity contribution in [2.24, 2.45) is 7.05 Å². The van der Waals surface area contributed by atoms with Gasteiger partial charge in [-0.3, -0.25) is 4.98 Å². The quantitative estimate of drug-likeness (QED) is 0.362. The molecule has 1 saturated carbocycles. The second-order valence-corrected chi connectivity index (χ2v) is 7.52. The Morgan fingerprint density at radius 1 is 1.08 bits per heavy atom. The van der Waals surface area contributed by atoms with Crippen molar-refractivity contribution < 1.29 is 4.68 Å². The highest BCUT2D eigenvalue weighted by Crippen LogP contribution is 2.39. The van der Waals surface area contributed by atoms with Crippen molar-refractivity contribution in [3.05, 3.63) is 53.9 Å². The Kier molecular flexibility index (Phi) is 3.30. The van der Waals surface area contributed by atoms with Crippen LogP contribution in [0.15, 0.2) is 42.7 Å². The van der Waals surface area contributed by atoms with E-state index in [4.69, 9.17) is 4.98 Å². The Labute approximate surface area is 147 Å². The summed E-state index contributed by atoms with van der Waals surface area (Å²) in [7, 11) is 2.11. The molecule has 1 aliphatic rings. The van der Waals surface area contributed by atoms with Crippen LogP contribution in [0, 0.1) is 6.92 Å². The molecule has 0 aliphatic heterocycles. The van der Waals surface area contributed by atoms with Crippen LogP contribution in [-0.2, 0) is 7.05 Å². The maximum Gasteiger partial charge on any atom is 0.196 e. The first-order valence-electron chi connectivity index (χ1n) is 9.43. The number of aryl methyl sites for hydroxylation is 2. The van der Waals surface area contributed by atoms with Crippen molar-refractivity contribution >= 4 is 27.3 Å². The highest BCUT2D eigenvalue weighted by molar-refractivity contribution is 6.12. The maximum atomic E-state index is 4.86. The van der Waals surface area contributed by atoms with Crippen LogP contribution in [0.3, 0.4) is 0 Å². The Morgan fingerprint density at radius 2 is 1.92 bits per heavy atom. The molecule has 3 heteroatoms. The minimum absolute atomic E-state index is 0.675. The summed E-state index contributed by atoms with van der Waals surface area (Å²) in [5, 5.41) is 2.70. The van der Waals surface area contributed by atoms with Gasteiger partial charge in [-0.05, 0) is 42.9 Å². The van der Waals surface area contributed by atoms with Crippen LogP contribution in [0.5, 0.6) is 0 Å². The molecule has 4 aromatic rings. The fourth-order valence-electron chi connectivity index (χ4n) is 4.77. The predicted octanol–water partition coefficient (Wildman–Crippen LogP) is 4.82. The molecule has 3 heterocycles. The van der Waals surface area contributed by atoms with E-state index < -0.39 is 0 Å². The summed E-state index contributed by atoms with van der Waals surface area (Å²) in [5.74, 6) is 0.675. The first-order valence-corrected chi connectivity index (χ1v) is 9.43. The van der Waals surface area contributed by atoms with E-state index in [2.05, 4.69) is 59.7 Å². The number of nitrogens with zero attached hydrogens (tertiary/aromatic N) is 3. The van der Waals surface area contributed by atoms with Crippen LogP contribution in [-0.4, -0.2) is 9.50 Å². The molecule has 126 valence electrons. The summed E-state index contributed by atoms with van der Waals surface area (Å²) in [5.41, 5.74) is 6.45. The molecule has 1 fully saturated rings. The van der Waals surface area contributed by atoms with Crippen molar-refractivity contribution in [2.45, 2.75) is 44.9 Å². The maximum absolute atomic E-state index is 4.86. The molecule has 0 radical (unpaired) electrons. The van der Waals surface area contributed by atoms with E-state index in [1.54, 1.807) is 0 Å². The van der Waals surface area contributed by atoms with E-state index in [1.807, 2.05) is 6.20 Å². The molecule has 1 aliphatic carbocycles. The normalized spacial score (nSPS) is 16.2. The average molecular weight is 330 g/mol. The fourth-order valence-corrected chi connectivity index (χ4v) is 4.77. The van der Waals surface area contributed by atoms with Gasteiger partial charge in [0, 0.05) is 23.0 Å². The van der Waals surface area contributed by atoms with Gasteiger partial charge in [-0.15, -0.1) is 9.20 Å². The first-order chi connectivity index (χ1) is 12.3. The summed E-state index contributed by atoms with van der Waals surface area (Å²) in [6.45, 7) is 2.19.